The molecular weight excluding hydrogens is 347 g/mol. The number of aryl methyl sites for hydroxylation is 1. The third-order valence-electron chi connectivity index (χ3n) is 5.24. The van der Waals surface area contributed by atoms with E-state index in [9.17, 15) is 14.0 Å². The molecule has 0 aliphatic heterocycles. The number of hydrogen-bond acceptors (Lipinski definition) is 4. The average molecular weight is 372 g/mol. The van der Waals surface area contributed by atoms with Gasteiger partial charge in [0.05, 0.1) is 24.4 Å². The van der Waals surface area contributed by atoms with Crippen LogP contribution in [0.4, 0.5) is 4.39 Å². The fraction of sp³-hybridized carbons (Fsp3) is 0.429. The minimum Gasteiger partial charge on any atom is -0.465 e. The van der Waals surface area contributed by atoms with Crippen molar-refractivity contribution in [3.63, 3.8) is 0 Å². The van der Waals surface area contributed by atoms with Crippen LogP contribution in [0.1, 0.15) is 57.4 Å². The van der Waals surface area contributed by atoms with E-state index in [2.05, 4.69) is 9.88 Å². The van der Waals surface area contributed by atoms with Gasteiger partial charge in [0.15, 0.2) is 5.78 Å². The number of aromatic amines is 1. The highest BCUT2D eigenvalue weighted by molar-refractivity contribution is 6.03. The fourth-order valence-corrected chi connectivity index (χ4v) is 3.55. The van der Waals surface area contributed by atoms with E-state index >= 15 is 0 Å². The summed E-state index contributed by atoms with van der Waals surface area (Å²) in [7, 11) is 1.33. The summed E-state index contributed by atoms with van der Waals surface area (Å²) >= 11 is 0. The number of nitrogens with one attached hydrogen (secondary N) is 1. The van der Waals surface area contributed by atoms with Crippen LogP contribution in [0.2, 0.25) is 0 Å². The van der Waals surface area contributed by atoms with Gasteiger partial charge < -0.3 is 9.72 Å². The molecule has 0 unspecified atom stereocenters. The van der Waals surface area contributed by atoms with E-state index in [0.29, 0.717) is 35.1 Å². The zero-order valence-corrected chi connectivity index (χ0v) is 16.1. The normalized spacial score (nSPS) is 15.0. The highest BCUT2D eigenvalue weighted by atomic mass is 19.1. The molecule has 1 aliphatic rings. The van der Waals surface area contributed by atoms with E-state index in [1.165, 1.54) is 19.2 Å². The molecular formula is C21H25FN2O3. The molecule has 0 radical (unpaired) electrons. The first kappa shape index (κ1) is 19.3. The van der Waals surface area contributed by atoms with Gasteiger partial charge in [0, 0.05) is 18.3 Å². The predicted molar refractivity (Wildman–Crippen MR) is 100 cm³/mol. The number of carbonyl (C=O) groups excluding carboxylic acids is 2. The second-order valence-electron chi connectivity index (χ2n) is 7.19. The molecule has 6 heteroatoms. The molecule has 144 valence electrons. The Bertz CT molecular complexity index is 853. The molecule has 1 N–H and O–H groups in total. The van der Waals surface area contributed by atoms with Gasteiger partial charge in [-0.1, -0.05) is 12.1 Å². The number of methoxy groups -OCH3 is 1. The van der Waals surface area contributed by atoms with Gasteiger partial charge in [-0.2, -0.15) is 0 Å². The molecule has 1 atom stereocenters. The molecule has 1 saturated carbocycles. The number of ketones is 1. The summed E-state index contributed by atoms with van der Waals surface area (Å²) in [5.74, 6) is -0.772. The van der Waals surface area contributed by atoms with Crippen LogP contribution in [-0.2, 0) is 11.3 Å². The number of H-pyrrole nitrogens is 1. The lowest BCUT2D eigenvalue weighted by molar-refractivity contribution is 0.0599. The lowest BCUT2D eigenvalue weighted by atomic mass is 10.0. The van der Waals surface area contributed by atoms with Crippen LogP contribution in [0.25, 0.3) is 0 Å². The lowest BCUT2D eigenvalue weighted by Crippen LogP contribution is -2.40. The number of halogens is 1. The van der Waals surface area contributed by atoms with Crippen molar-refractivity contribution < 1.29 is 18.7 Å². The second kappa shape index (κ2) is 7.64. The van der Waals surface area contributed by atoms with Gasteiger partial charge >= 0.3 is 5.97 Å². The number of ether oxygens (including phenoxy) is 1. The maximum absolute atomic E-state index is 13.2. The summed E-state index contributed by atoms with van der Waals surface area (Å²) in [4.78, 5) is 30.4. The second-order valence-corrected chi connectivity index (χ2v) is 7.19. The fourth-order valence-electron chi connectivity index (χ4n) is 3.55. The number of esters is 1. The monoisotopic (exact) mass is 372 g/mol. The van der Waals surface area contributed by atoms with Crippen LogP contribution in [0.3, 0.4) is 0 Å². The van der Waals surface area contributed by atoms with Crippen molar-refractivity contribution in [1.29, 1.82) is 0 Å². The van der Waals surface area contributed by atoms with E-state index in [0.717, 1.165) is 18.4 Å². The van der Waals surface area contributed by atoms with Gasteiger partial charge in [0.25, 0.3) is 0 Å². The number of nitrogens with zero attached hydrogens (tertiary/aromatic N) is 1. The largest absolute Gasteiger partial charge is 0.465 e. The summed E-state index contributed by atoms with van der Waals surface area (Å²) in [5.41, 5.74) is 3.09. The van der Waals surface area contributed by atoms with Crippen LogP contribution in [0, 0.1) is 19.7 Å². The molecule has 3 rings (SSSR count). The smallest absolute Gasteiger partial charge is 0.339 e. The Balaban J connectivity index is 1.84. The maximum atomic E-state index is 13.2. The van der Waals surface area contributed by atoms with E-state index in [-0.39, 0.29) is 17.6 Å². The first-order valence-electron chi connectivity index (χ1n) is 9.15. The van der Waals surface area contributed by atoms with Gasteiger partial charge in [-0.3, -0.25) is 9.69 Å². The quantitative estimate of drug-likeness (QED) is 0.593. The standard InChI is InChI=1S/C21H25FN2O3/c1-12-18(21(26)27-4)13(2)23-19(12)20(25)14(3)24(17-9-10-17)11-15-5-7-16(22)8-6-15/h5-8,14,17,23H,9-11H2,1-4H3/t14-/m1/s1. The van der Waals surface area contributed by atoms with Crippen LogP contribution in [-0.4, -0.2) is 40.8 Å². The van der Waals surface area contributed by atoms with Gasteiger partial charge in [-0.05, 0) is 56.9 Å². The molecule has 0 saturated heterocycles. The summed E-state index contributed by atoms with van der Waals surface area (Å²) in [6.45, 7) is 5.99. The molecule has 1 heterocycles. The van der Waals surface area contributed by atoms with Crippen LogP contribution >= 0.6 is 0 Å². The Morgan fingerprint density at radius 3 is 2.44 bits per heavy atom. The number of Topliss-reactive ketones (excluding diaryl/α,β-unsaturated/α-hetero) is 1. The van der Waals surface area contributed by atoms with Crippen molar-refractivity contribution in [3.05, 3.63) is 58.2 Å². The number of rotatable bonds is 7. The molecule has 1 fully saturated rings. The van der Waals surface area contributed by atoms with E-state index in [4.69, 9.17) is 4.74 Å². The molecule has 27 heavy (non-hydrogen) atoms. The first-order chi connectivity index (χ1) is 12.8. The van der Waals surface area contributed by atoms with E-state index in [1.807, 2.05) is 6.92 Å². The van der Waals surface area contributed by atoms with Crippen molar-refractivity contribution in [2.45, 2.75) is 52.2 Å². The highest BCUT2D eigenvalue weighted by Crippen LogP contribution is 2.32. The average Bonchev–Trinajstić information content (AvgIpc) is 3.44. The summed E-state index contributed by atoms with van der Waals surface area (Å²) in [6, 6.07) is 6.38. The Morgan fingerprint density at radius 2 is 1.89 bits per heavy atom. The SMILES string of the molecule is COC(=O)c1c(C)[nH]c(C(=O)[C@@H](C)N(Cc2ccc(F)cc2)C2CC2)c1C. The summed E-state index contributed by atoms with van der Waals surface area (Å²) < 4.78 is 18.0. The number of hydrogen-bond donors (Lipinski definition) is 1. The molecule has 0 bridgehead atoms. The van der Waals surface area contributed by atoms with Gasteiger partial charge in [0.1, 0.15) is 5.82 Å². The van der Waals surface area contributed by atoms with Crippen molar-refractivity contribution in [2.75, 3.05) is 7.11 Å². The Morgan fingerprint density at radius 1 is 1.26 bits per heavy atom. The van der Waals surface area contributed by atoms with Gasteiger partial charge in [0.2, 0.25) is 0 Å². The minimum absolute atomic E-state index is 0.0558. The summed E-state index contributed by atoms with van der Waals surface area (Å²) in [5, 5.41) is 0. The first-order valence-corrected chi connectivity index (χ1v) is 9.15. The predicted octanol–water partition coefficient (Wildman–Crippen LogP) is 3.79. The van der Waals surface area contributed by atoms with Crippen molar-refractivity contribution in [3.8, 4) is 0 Å². The maximum Gasteiger partial charge on any atom is 0.339 e. The molecule has 2 aromatic rings. The molecule has 0 amide bonds. The molecule has 5 nitrogen and oxygen atoms in total. The molecule has 1 aromatic heterocycles. The summed E-state index contributed by atoms with van der Waals surface area (Å²) in [6.07, 6.45) is 2.10. The number of aromatic nitrogens is 1. The lowest BCUT2D eigenvalue weighted by Gasteiger charge is -2.28. The van der Waals surface area contributed by atoms with Crippen molar-refractivity contribution >= 4 is 11.8 Å². The topological polar surface area (TPSA) is 62.4 Å². The number of benzene rings is 1. The zero-order valence-electron chi connectivity index (χ0n) is 16.1. The van der Waals surface area contributed by atoms with Crippen LogP contribution in [0.5, 0.6) is 0 Å². The van der Waals surface area contributed by atoms with Crippen LogP contribution < -0.4 is 0 Å². The molecule has 0 spiro atoms. The molecule has 1 aromatic carbocycles. The number of carbonyl (C=O) groups is 2. The Kier molecular flexibility index (Phi) is 5.46. The van der Waals surface area contributed by atoms with Crippen LogP contribution in [0.15, 0.2) is 24.3 Å². The minimum atomic E-state index is -0.446. The highest BCUT2D eigenvalue weighted by Gasteiger charge is 2.36. The van der Waals surface area contributed by atoms with Crippen molar-refractivity contribution in [2.24, 2.45) is 0 Å². The Labute approximate surface area is 158 Å². The zero-order chi connectivity index (χ0) is 19.7. The van der Waals surface area contributed by atoms with E-state index < -0.39 is 5.97 Å². The third-order valence-corrected chi connectivity index (χ3v) is 5.24. The van der Waals surface area contributed by atoms with Crippen molar-refractivity contribution in [1.82, 2.24) is 9.88 Å². The van der Waals surface area contributed by atoms with E-state index in [1.54, 1.807) is 26.0 Å². The Hall–Kier alpha value is -2.47. The molecule has 1 aliphatic carbocycles. The van der Waals surface area contributed by atoms with Gasteiger partial charge in [-0.15, -0.1) is 0 Å². The van der Waals surface area contributed by atoms with Gasteiger partial charge in [-0.25, -0.2) is 9.18 Å². The third kappa shape index (κ3) is 3.95.